The van der Waals surface area contributed by atoms with Crippen LogP contribution in [0, 0.1) is 0 Å². The number of hydrogen-bond acceptors (Lipinski definition) is 5. The summed E-state index contributed by atoms with van der Waals surface area (Å²) >= 11 is 0. The van der Waals surface area contributed by atoms with Crippen LogP contribution in [0.4, 0.5) is 0 Å². The Labute approximate surface area is 341 Å². The number of rotatable bonds is 44. The van der Waals surface area contributed by atoms with Crippen LogP contribution in [0.15, 0.2) is 24.3 Å². The third-order valence-corrected chi connectivity index (χ3v) is 11.0. The first-order chi connectivity index (χ1) is 27.0. The molecule has 0 aromatic rings. The number of hydrogen-bond donors (Lipinski definition) is 3. The quantitative estimate of drug-likeness (QED) is 0.0325. The molecule has 6 heteroatoms. The van der Waals surface area contributed by atoms with Crippen LogP contribution in [0.5, 0.6) is 0 Å². The maximum absolute atomic E-state index is 12.4. The lowest BCUT2D eigenvalue weighted by Crippen LogP contribution is -2.45. The highest BCUT2D eigenvalue weighted by molar-refractivity contribution is 5.76. The lowest BCUT2D eigenvalue weighted by atomic mass is 10.0. The third kappa shape index (κ3) is 41.8. The van der Waals surface area contributed by atoms with Crippen molar-refractivity contribution in [1.29, 1.82) is 0 Å². The average Bonchev–Trinajstić information content (AvgIpc) is 3.18. The zero-order valence-corrected chi connectivity index (χ0v) is 36.7. The highest BCUT2D eigenvalue weighted by atomic mass is 16.5. The Morgan fingerprint density at radius 1 is 0.491 bits per heavy atom. The first kappa shape index (κ1) is 53.3. The molecular weight excluding hydrogens is 683 g/mol. The standard InChI is InChI=1S/C49H93NO5/c1-3-5-7-9-11-13-15-16-17-18-19-22-25-29-33-37-41-47(52)46(45-51)50-48(53)42-38-34-30-26-23-20-24-28-32-36-40-44-55-49(54)43-39-35-31-27-21-14-12-10-8-6-4-2/h10,12,37,41,46-47,51-52H,3-9,11,13-36,38-40,42-45H2,1-2H3,(H,50,53)/b12-10-,41-37+. The van der Waals surface area contributed by atoms with Crippen molar-refractivity contribution in [3.63, 3.8) is 0 Å². The summed E-state index contributed by atoms with van der Waals surface area (Å²) in [6, 6.07) is -0.641. The van der Waals surface area contributed by atoms with Crippen molar-refractivity contribution in [3.05, 3.63) is 24.3 Å². The summed E-state index contributed by atoms with van der Waals surface area (Å²) in [5.74, 6) is -0.114. The normalized spacial score (nSPS) is 12.9. The molecule has 0 rings (SSSR count). The van der Waals surface area contributed by atoms with E-state index in [2.05, 4.69) is 31.3 Å². The molecular formula is C49H93NO5. The van der Waals surface area contributed by atoms with E-state index >= 15 is 0 Å². The number of esters is 1. The number of ether oxygens (including phenoxy) is 1. The predicted octanol–water partition coefficient (Wildman–Crippen LogP) is 14.0. The Kier molecular flexibility index (Phi) is 43.7. The summed E-state index contributed by atoms with van der Waals surface area (Å²) in [5, 5.41) is 23.0. The highest BCUT2D eigenvalue weighted by Crippen LogP contribution is 2.15. The number of carbonyl (C=O) groups is 2. The van der Waals surface area contributed by atoms with Gasteiger partial charge in [0.15, 0.2) is 0 Å². The number of allylic oxidation sites excluding steroid dienone is 3. The molecule has 2 atom stereocenters. The molecule has 3 N–H and O–H groups in total. The molecule has 0 spiro atoms. The van der Waals surface area contributed by atoms with E-state index in [-0.39, 0.29) is 18.5 Å². The Bertz CT molecular complexity index is 858. The molecule has 2 unspecified atom stereocenters. The molecule has 0 aromatic heterocycles. The average molecular weight is 776 g/mol. The zero-order valence-electron chi connectivity index (χ0n) is 36.7. The summed E-state index contributed by atoms with van der Waals surface area (Å²) in [7, 11) is 0. The van der Waals surface area contributed by atoms with Crippen LogP contribution in [0.25, 0.3) is 0 Å². The number of aliphatic hydroxyl groups excluding tert-OH is 2. The Balaban J connectivity index is 3.53. The van der Waals surface area contributed by atoms with Gasteiger partial charge in [0.25, 0.3) is 0 Å². The van der Waals surface area contributed by atoms with Crippen molar-refractivity contribution < 1.29 is 24.5 Å². The SMILES string of the molecule is CCCC/C=C\CCCCCCCC(=O)OCCCCCCCCCCCCCC(=O)NC(CO)C(O)/C=C/CCCCCCCCCCCCCCCC. The van der Waals surface area contributed by atoms with Gasteiger partial charge in [-0.15, -0.1) is 0 Å². The molecule has 0 aliphatic rings. The second-order valence-corrected chi connectivity index (χ2v) is 16.4. The van der Waals surface area contributed by atoms with Crippen molar-refractivity contribution in [2.24, 2.45) is 0 Å². The van der Waals surface area contributed by atoms with Crippen molar-refractivity contribution in [2.75, 3.05) is 13.2 Å². The van der Waals surface area contributed by atoms with E-state index < -0.39 is 12.1 Å². The number of carbonyl (C=O) groups excluding carboxylic acids is 2. The Hall–Kier alpha value is -1.66. The van der Waals surface area contributed by atoms with E-state index in [4.69, 9.17) is 4.74 Å². The first-order valence-electron chi connectivity index (χ1n) is 24.1. The minimum Gasteiger partial charge on any atom is -0.466 e. The van der Waals surface area contributed by atoms with E-state index in [1.165, 1.54) is 167 Å². The largest absolute Gasteiger partial charge is 0.466 e. The van der Waals surface area contributed by atoms with Crippen LogP contribution in [0.2, 0.25) is 0 Å². The van der Waals surface area contributed by atoms with E-state index in [1.807, 2.05) is 6.08 Å². The molecule has 0 fully saturated rings. The molecule has 6 nitrogen and oxygen atoms in total. The van der Waals surface area contributed by atoms with Gasteiger partial charge in [-0.1, -0.05) is 212 Å². The fraction of sp³-hybridized carbons (Fsp3) is 0.878. The van der Waals surface area contributed by atoms with Crippen molar-refractivity contribution in [2.45, 2.75) is 264 Å². The van der Waals surface area contributed by atoms with Crippen molar-refractivity contribution in [1.82, 2.24) is 5.32 Å². The molecule has 0 saturated carbocycles. The van der Waals surface area contributed by atoms with Gasteiger partial charge in [-0.05, 0) is 51.4 Å². The van der Waals surface area contributed by atoms with Crippen LogP contribution in [0.1, 0.15) is 251 Å². The molecule has 0 aliphatic carbocycles. The fourth-order valence-electron chi connectivity index (χ4n) is 7.20. The van der Waals surface area contributed by atoms with E-state index in [1.54, 1.807) is 6.08 Å². The van der Waals surface area contributed by atoms with E-state index in [0.717, 1.165) is 57.8 Å². The van der Waals surface area contributed by atoms with Crippen LogP contribution < -0.4 is 5.32 Å². The molecule has 324 valence electrons. The molecule has 0 aromatic carbocycles. The molecule has 0 bridgehead atoms. The summed E-state index contributed by atoms with van der Waals surface area (Å²) in [4.78, 5) is 24.4. The first-order valence-corrected chi connectivity index (χ1v) is 24.1. The minimum atomic E-state index is -0.856. The highest BCUT2D eigenvalue weighted by Gasteiger charge is 2.18. The monoisotopic (exact) mass is 776 g/mol. The van der Waals surface area contributed by atoms with Crippen LogP contribution in [0.3, 0.4) is 0 Å². The summed E-state index contributed by atoms with van der Waals surface area (Å²) in [5.41, 5.74) is 0. The third-order valence-electron chi connectivity index (χ3n) is 11.0. The van der Waals surface area contributed by atoms with Crippen molar-refractivity contribution >= 4 is 11.9 Å². The Morgan fingerprint density at radius 2 is 0.873 bits per heavy atom. The van der Waals surface area contributed by atoms with Gasteiger partial charge >= 0.3 is 5.97 Å². The smallest absolute Gasteiger partial charge is 0.305 e. The lowest BCUT2D eigenvalue weighted by Gasteiger charge is -2.20. The van der Waals surface area contributed by atoms with Gasteiger partial charge in [-0.25, -0.2) is 0 Å². The minimum absolute atomic E-state index is 0.0269. The topological polar surface area (TPSA) is 95.9 Å². The number of nitrogens with one attached hydrogen (secondary N) is 1. The molecule has 0 saturated heterocycles. The summed E-state index contributed by atoms with van der Waals surface area (Å²) in [6.45, 7) is 4.81. The van der Waals surface area contributed by atoms with Gasteiger partial charge in [0, 0.05) is 12.8 Å². The van der Waals surface area contributed by atoms with Gasteiger partial charge < -0.3 is 20.3 Å². The van der Waals surface area contributed by atoms with Gasteiger partial charge in [-0.3, -0.25) is 9.59 Å². The summed E-state index contributed by atoms with van der Waals surface area (Å²) in [6.07, 6.45) is 51.6. The second kappa shape index (κ2) is 45.0. The molecule has 0 heterocycles. The van der Waals surface area contributed by atoms with E-state index in [9.17, 15) is 19.8 Å². The zero-order chi connectivity index (χ0) is 40.1. The molecule has 0 radical (unpaired) electrons. The number of amides is 1. The number of unbranched alkanes of at least 4 members (excludes halogenated alkanes) is 31. The van der Waals surface area contributed by atoms with Crippen molar-refractivity contribution in [3.8, 4) is 0 Å². The van der Waals surface area contributed by atoms with Gasteiger partial charge in [-0.2, -0.15) is 0 Å². The van der Waals surface area contributed by atoms with Crippen LogP contribution in [-0.2, 0) is 14.3 Å². The van der Waals surface area contributed by atoms with Gasteiger partial charge in [0.2, 0.25) is 5.91 Å². The van der Waals surface area contributed by atoms with Crippen LogP contribution in [-0.4, -0.2) is 47.4 Å². The maximum Gasteiger partial charge on any atom is 0.305 e. The Morgan fingerprint density at radius 3 is 1.35 bits per heavy atom. The summed E-state index contributed by atoms with van der Waals surface area (Å²) < 4.78 is 5.43. The van der Waals surface area contributed by atoms with Crippen LogP contribution >= 0.6 is 0 Å². The lowest BCUT2D eigenvalue weighted by molar-refractivity contribution is -0.143. The fourth-order valence-corrected chi connectivity index (χ4v) is 7.20. The number of aliphatic hydroxyl groups is 2. The molecule has 1 amide bonds. The van der Waals surface area contributed by atoms with Gasteiger partial charge in [0.1, 0.15) is 0 Å². The predicted molar refractivity (Wildman–Crippen MR) is 236 cm³/mol. The molecule has 55 heavy (non-hydrogen) atoms. The maximum atomic E-state index is 12.4. The molecule has 0 aliphatic heterocycles. The second-order valence-electron chi connectivity index (χ2n) is 16.4. The van der Waals surface area contributed by atoms with Gasteiger partial charge in [0.05, 0.1) is 25.4 Å². The van der Waals surface area contributed by atoms with E-state index in [0.29, 0.717) is 19.4 Å².